The maximum Gasteiger partial charge on any atom is 0.213 e. The Hall–Kier alpha value is -2.03. The average Bonchev–Trinajstić information content (AvgIpc) is 2.35. The van der Waals surface area contributed by atoms with Gasteiger partial charge in [-0.1, -0.05) is 12.1 Å². The van der Waals surface area contributed by atoms with Crippen LogP contribution in [0.1, 0.15) is 16.8 Å². The van der Waals surface area contributed by atoms with Crippen LogP contribution < -0.4 is 9.47 Å². The van der Waals surface area contributed by atoms with Gasteiger partial charge in [-0.05, 0) is 43.2 Å². The van der Waals surface area contributed by atoms with Crippen LogP contribution in [0, 0.1) is 13.8 Å². The second-order valence-electron chi connectivity index (χ2n) is 4.28. The molecule has 2 rings (SSSR count). The molecule has 0 fully saturated rings. The SMILES string of the molecule is COc1cccc(COc2cc(C)cc(C)c2)n1. The topological polar surface area (TPSA) is 31.4 Å². The average molecular weight is 243 g/mol. The number of nitrogens with zero attached hydrogens (tertiary/aromatic N) is 1. The van der Waals surface area contributed by atoms with Gasteiger partial charge in [-0.25, -0.2) is 4.98 Å². The van der Waals surface area contributed by atoms with Crippen molar-refractivity contribution in [3.63, 3.8) is 0 Å². The molecule has 0 atom stereocenters. The summed E-state index contributed by atoms with van der Waals surface area (Å²) < 4.78 is 10.8. The molecule has 0 aliphatic heterocycles. The van der Waals surface area contributed by atoms with Crippen LogP contribution in [0.3, 0.4) is 0 Å². The standard InChI is InChI=1S/C15H17NO2/c1-11-7-12(2)9-14(8-11)18-10-13-5-4-6-15(16-13)17-3/h4-9H,10H2,1-3H3. The molecule has 3 heteroatoms. The maximum absolute atomic E-state index is 5.74. The number of aromatic nitrogens is 1. The summed E-state index contributed by atoms with van der Waals surface area (Å²) in [6.07, 6.45) is 0. The van der Waals surface area contributed by atoms with Gasteiger partial charge in [0.15, 0.2) is 0 Å². The summed E-state index contributed by atoms with van der Waals surface area (Å²) in [6.45, 7) is 4.56. The summed E-state index contributed by atoms with van der Waals surface area (Å²) in [7, 11) is 1.61. The fraction of sp³-hybridized carbons (Fsp3) is 0.267. The molecule has 18 heavy (non-hydrogen) atoms. The van der Waals surface area contributed by atoms with Gasteiger partial charge < -0.3 is 9.47 Å². The van der Waals surface area contributed by atoms with E-state index in [4.69, 9.17) is 9.47 Å². The summed E-state index contributed by atoms with van der Waals surface area (Å²) >= 11 is 0. The van der Waals surface area contributed by atoms with Gasteiger partial charge in [-0.3, -0.25) is 0 Å². The third-order valence-corrected chi connectivity index (χ3v) is 2.57. The molecule has 0 aliphatic rings. The number of hydrogen-bond acceptors (Lipinski definition) is 3. The zero-order chi connectivity index (χ0) is 13.0. The van der Waals surface area contributed by atoms with Crippen LogP contribution in [0.25, 0.3) is 0 Å². The molecule has 0 spiro atoms. The van der Waals surface area contributed by atoms with Crippen molar-refractivity contribution < 1.29 is 9.47 Å². The molecule has 0 saturated carbocycles. The van der Waals surface area contributed by atoms with Gasteiger partial charge in [0.1, 0.15) is 12.4 Å². The second-order valence-corrected chi connectivity index (χ2v) is 4.28. The van der Waals surface area contributed by atoms with Gasteiger partial charge in [0.2, 0.25) is 5.88 Å². The van der Waals surface area contributed by atoms with E-state index in [0.717, 1.165) is 11.4 Å². The van der Waals surface area contributed by atoms with E-state index >= 15 is 0 Å². The van der Waals surface area contributed by atoms with E-state index in [1.807, 2.05) is 30.3 Å². The van der Waals surface area contributed by atoms with Gasteiger partial charge in [0.05, 0.1) is 12.8 Å². The maximum atomic E-state index is 5.74. The van der Waals surface area contributed by atoms with Gasteiger partial charge in [-0.2, -0.15) is 0 Å². The third kappa shape index (κ3) is 3.23. The van der Waals surface area contributed by atoms with Crippen LogP contribution in [0.2, 0.25) is 0 Å². The first-order valence-corrected chi connectivity index (χ1v) is 5.88. The van der Waals surface area contributed by atoms with Crippen molar-refractivity contribution in [2.75, 3.05) is 7.11 Å². The number of aryl methyl sites for hydroxylation is 2. The van der Waals surface area contributed by atoms with Crippen LogP contribution in [0.4, 0.5) is 0 Å². The number of benzene rings is 1. The predicted molar refractivity (Wildman–Crippen MR) is 71.0 cm³/mol. The zero-order valence-corrected chi connectivity index (χ0v) is 10.9. The first-order chi connectivity index (χ1) is 8.67. The van der Waals surface area contributed by atoms with E-state index in [9.17, 15) is 0 Å². The zero-order valence-electron chi connectivity index (χ0n) is 10.9. The molecular weight excluding hydrogens is 226 g/mol. The van der Waals surface area contributed by atoms with E-state index in [2.05, 4.69) is 24.9 Å². The number of hydrogen-bond donors (Lipinski definition) is 0. The van der Waals surface area contributed by atoms with Crippen molar-refractivity contribution in [3.8, 4) is 11.6 Å². The number of pyridine rings is 1. The lowest BCUT2D eigenvalue weighted by Gasteiger charge is -2.08. The quantitative estimate of drug-likeness (QED) is 0.825. The monoisotopic (exact) mass is 243 g/mol. The van der Waals surface area contributed by atoms with Crippen molar-refractivity contribution in [1.29, 1.82) is 0 Å². The summed E-state index contributed by atoms with van der Waals surface area (Å²) in [5.74, 6) is 1.48. The molecule has 0 unspecified atom stereocenters. The largest absolute Gasteiger partial charge is 0.487 e. The lowest BCUT2D eigenvalue weighted by Crippen LogP contribution is -1.99. The number of rotatable bonds is 4. The minimum Gasteiger partial charge on any atom is -0.487 e. The van der Waals surface area contributed by atoms with E-state index in [1.165, 1.54) is 11.1 Å². The third-order valence-electron chi connectivity index (χ3n) is 2.57. The van der Waals surface area contributed by atoms with Crippen molar-refractivity contribution >= 4 is 0 Å². The first-order valence-electron chi connectivity index (χ1n) is 5.88. The molecule has 0 N–H and O–H groups in total. The Bertz CT molecular complexity index is 518. The molecule has 0 amide bonds. The minimum absolute atomic E-state index is 0.445. The van der Waals surface area contributed by atoms with Crippen molar-refractivity contribution in [3.05, 3.63) is 53.2 Å². The van der Waals surface area contributed by atoms with Gasteiger partial charge in [-0.15, -0.1) is 0 Å². The highest BCUT2D eigenvalue weighted by Crippen LogP contribution is 2.17. The molecule has 0 saturated heterocycles. The molecule has 1 heterocycles. The Morgan fingerprint density at radius 2 is 1.78 bits per heavy atom. The minimum atomic E-state index is 0.445. The van der Waals surface area contributed by atoms with Crippen LogP contribution in [-0.4, -0.2) is 12.1 Å². The highest BCUT2D eigenvalue weighted by molar-refractivity contribution is 5.33. The Kier molecular flexibility index (Phi) is 3.82. The number of ether oxygens (including phenoxy) is 2. The number of methoxy groups -OCH3 is 1. The summed E-state index contributed by atoms with van der Waals surface area (Å²) in [5, 5.41) is 0. The summed E-state index contributed by atoms with van der Waals surface area (Å²) in [4.78, 5) is 4.30. The van der Waals surface area contributed by atoms with Gasteiger partial charge >= 0.3 is 0 Å². The van der Waals surface area contributed by atoms with E-state index < -0.39 is 0 Å². The van der Waals surface area contributed by atoms with Crippen molar-refractivity contribution in [1.82, 2.24) is 4.98 Å². The molecule has 0 aliphatic carbocycles. The van der Waals surface area contributed by atoms with E-state index in [1.54, 1.807) is 7.11 Å². The smallest absolute Gasteiger partial charge is 0.213 e. The fourth-order valence-corrected chi connectivity index (χ4v) is 1.83. The van der Waals surface area contributed by atoms with Gasteiger partial charge in [0, 0.05) is 6.07 Å². The predicted octanol–water partition coefficient (Wildman–Crippen LogP) is 3.29. The Balaban J connectivity index is 2.06. The summed E-state index contributed by atoms with van der Waals surface area (Å²) in [6, 6.07) is 11.8. The first kappa shape index (κ1) is 12.4. The molecule has 94 valence electrons. The molecular formula is C15H17NO2. The van der Waals surface area contributed by atoms with Crippen LogP contribution in [0.5, 0.6) is 11.6 Å². The van der Waals surface area contributed by atoms with Crippen LogP contribution >= 0.6 is 0 Å². The second kappa shape index (κ2) is 5.54. The van der Waals surface area contributed by atoms with E-state index in [-0.39, 0.29) is 0 Å². The fourth-order valence-electron chi connectivity index (χ4n) is 1.83. The van der Waals surface area contributed by atoms with E-state index in [0.29, 0.717) is 12.5 Å². The highest BCUT2D eigenvalue weighted by atomic mass is 16.5. The molecule has 1 aromatic carbocycles. The summed E-state index contributed by atoms with van der Waals surface area (Å²) in [5.41, 5.74) is 3.25. The lowest BCUT2D eigenvalue weighted by molar-refractivity contribution is 0.297. The molecule has 3 nitrogen and oxygen atoms in total. The van der Waals surface area contributed by atoms with Crippen molar-refractivity contribution in [2.24, 2.45) is 0 Å². The lowest BCUT2D eigenvalue weighted by atomic mass is 10.1. The van der Waals surface area contributed by atoms with Crippen LogP contribution in [-0.2, 0) is 6.61 Å². The molecule has 0 radical (unpaired) electrons. The Morgan fingerprint density at radius 1 is 1.06 bits per heavy atom. The Morgan fingerprint density at radius 3 is 2.44 bits per heavy atom. The molecule has 0 bridgehead atoms. The van der Waals surface area contributed by atoms with Crippen molar-refractivity contribution in [2.45, 2.75) is 20.5 Å². The van der Waals surface area contributed by atoms with Gasteiger partial charge in [0.25, 0.3) is 0 Å². The Labute approximate surface area is 107 Å². The molecule has 1 aromatic heterocycles. The normalized spacial score (nSPS) is 10.2. The van der Waals surface area contributed by atoms with Crippen LogP contribution in [0.15, 0.2) is 36.4 Å². The molecule has 2 aromatic rings. The highest BCUT2D eigenvalue weighted by Gasteiger charge is 2.00.